The Bertz CT molecular complexity index is 1530. The fourth-order valence-electron chi connectivity index (χ4n) is 4.30. The van der Waals surface area contributed by atoms with Crippen molar-refractivity contribution in [2.45, 2.75) is 62.7 Å². The van der Waals surface area contributed by atoms with Gasteiger partial charge in [-0.2, -0.15) is 9.78 Å². The Labute approximate surface area is 261 Å². The molecule has 13 nitrogen and oxygen atoms in total. The second-order valence-corrected chi connectivity index (χ2v) is 10.9. The van der Waals surface area contributed by atoms with E-state index in [1.807, 2.05) is 36.4 Å². The van der Waals surface area contributed by atoms with E-state index in [0.29, 0.717) is 22.0 Å². The molecule has 1 aromatic heterocycles. The van der Waals surface area contributed by atoms with Crippen LogP contribution in [0.5, 0.6) is 0 Å². The normalized spacial score (nSPS) is 21.4. The number of hydrogen-bond acceptors (Lipinski definition) is 13. The molecule has 232 valence electrons. The van der Waals surface area contributed by atoms with Crippen molar-refractivity contribution in [2.24, 2.45) is 5.10 Å². The standard InChI is InChI=1S/C29H29ClN4O9S/c1-16(35)39-15-23-24(40-17(2)36)25(41-18(3)37)26(42-19(4)38)28(43-23)44-29-33-32-27(20-10-6-5-7-11-20)34(29)31-14-21-12-8-9-13-22(21)30/h5-14,23-26,28H,15H2,1-4H3/b31-14+/t23-,24-,25+,26-,28+/m1/s1. The van der Waals surface area contributed by atoms with E-state index < -0.39 is 53.7 Å². The smallest absolute Gasteiger partial charge is 0.303 e. The van der Waals surface area contributed by atoms with Gasteiger partial charge in [0.25, 0.3) is 0 Å². The van der Waals surface area contributed by atoms with E-state index in [1.54, 1.807) is 18.2 Å². The highest BCUT2D eigenvalue weighted by Gasteiger charge is 2.53. The lowest BCUT2D eigenvalue weighted by Crippen LogP contribution is -2.61. The van der Waals surface area contributed by atoms with Gasteiger partial charge in [0.2, 0.25) is 5.16 Å². The zero-order valence-electron chi connectivity index (χ0n) is 24.1. The lowest BCUT2D eigenvalue weighted by molar-refractivity contribution is -0.237. The first-order valence-electron chi connectivity index (χ1n) is 13.3. The molecule has 1 saturated heterocycles. The molecule has 5 atom stereocenters. The van der Waals surface area contributed by atoms with Crippen molar-refractivity contribution in [3.05, 3.63) is 65.2 Å². The van der Waals surface area contributed by atoms with Crippen molar-refractivity contribution in [3.63, 3.8) is 0 Å². The third-order valence-corrected chi connectivity index (χ3v) is 7.45. The van der Waals surface area contributed by atoms with Gasteiger partial charge in [-0.1, -0.05) is 60.1 Å². The quantitative estimate of drug-likeness (QED) is 0.179. The molecule has 2 heterocycles. The van der Waals surface area contributed by atoms with Crippen LogP contribution in [-0.2, 0) is 42.9 Å². The fraction of sp³-hybridized carbons (Fsp3) is 0.345. The first-order valence-corrected chi connectivity index (χ1v) is 14.6. The number of benzene rings is 2. The monoisotopic (exact) mass is 644 g/mol. The predicted molar refractivity (Wildman–Crippen MR) is 158 cm³/mol. The van der Waals surface area contributed by atoms with E-state index in [4.69, 9.17) is 35.3 Å². The minimum Gasteiger partial charge on any atom is -0.463 e. The number of carbonyl (C=O) groups excluding carboxylic acids is 4. The lowest BCUT2D eigenvalue weighted by atomic mass is 9.99. The van der Waals surface area contributed by atoms with Crippen molar-refractivity contribution >= 4 is 53.5 Å². The summed E-state index contributed by atoms with van der Waals surface area (Å²) in [5.74, 6) is -2.42. The minimum atomic E-state index is -1.33. The molecule has 44 heavy (non-hydrogen) atoms. The molecule has 1 aliphatic heterocycles. The molecule has 0 amide bonds. The fourth-order valence-corrected chi connectivity index (χ4v) is 5.55. The van der Waals surface area contributed by atoms with Gasteiger partial charge < -0.3 is 23.7 Å². The predicted octanol–water partition coefficient (Wildman–Crippen LogP) is 3.66. The Kier molecular flexibility index (Phi) is 11.1. The Morgan fingerprint density at radius 2 is 1.48 bits per heavy atom. The Balaban J connectivity index is 1.79. The molecule has 1 aliphatic rings. The topological polar surface area (TPSA) is 158 Å². The van der Waals surface area contributed by atoms with Crippen molar-refractivity contribution < 1.29 is 42.9 Å². The third-order valence-electron chi connectivity index (χ3n) is 6.03. The number of carbonyl (C=O) groups is 4. The summed E-state index contributed by atoms with van der Waals surface area (Å²) < 4.78 is 29.4. The van der Waals surface area contributed by atoms with Gasteiger partial charge in [0.15, 0.2) is 29.6 Å². The van der Waals surface area contributed by atoms with E-state index in [9.17, 15) is 19.2 Å². The maximum Gasteiger partial charge on any atom is 0.303 e. The summed E-state index contributed by atoms with van der Waals surface area (Å²) in [4.78, 5) is 48.1. The van der Waals surface area contributed by atoms with E-state index in [2.05, 4.69) is 15.3 Å². The van der Waals surface area contributed by atoms with Crippen LogP contribution in [0.4, 0.5) is 0 Å². The molecule has 0 spiro atoms. The molecular weight excluding hydrogens is 616 g/mol. The molecular formula is C29H29ClN4O9S. The zero-order chi connectivity index (χ0) is 31.8. The van der Waals surface area contributed by atoms with Gasteiger partial charge >= 0.3 is 23.9 Å². The van der Waals surface area contributed by atoms with Crippen LogP contribution >= 0.6 is 23.4 Å². The third kappa shape index (κ3) is 8.42. The Morgan fingerprint density at radius 3 is 2.11 bits per heavy atom. The second-order valence-electron chi connectivity index (χ2n) is 9.44. The highest BCUT2D eigenvalue weighted by molar-refractivity contribution is 7.99. The van der Waals surface area contributed by atoms with E-state index in [0.717, 1.165) is 25.6 Å². The number of esters is 4. The Hall–Kier alpha value is -4.27. The first kappa shape index (κ1) is 32.6. The molecule has 0 saturated carbocycles. The maximum atomic E-state index is 12.2. The molecule has 1 fully saturated rings. The molecule has 15 heteroatoms. The molecule has 0 unspecified atom stereocenters. The summed E-state index contributed by atoms with van der Waals surface area (Å²) >= 11 is 7.30. The molecule has 0 N–H and O–H groups in total. The van der Waals surface area contributed by atoms with Gasteiger partial charge in [0, 0.05) is 43.8 Å². The summed E-state index contributed by atoms with van der Waals surface area (Å²) in [6.45, 7) is 4.32. The van der Waals surface area contributed by atoms with E-state index in [1.165, 1.54) is 24.7 Å². The number of halogens is 1. The van der Waals surface area contributed by atoms with Gasteiger partial charge in [-0.05, 0) is 17.8 Å². The number of hydrogen-bond donors (Lipinski definition) is 0. The summed E-state index contributed by atoms with van der Waals surface area (Å²) in [5, 5.41) is 13.9. The molecule has 2 aromatic carbocycles. The van der Waals surface area contributed by atoms with E-state index >= 15 is 0 Å². The van der Waals surface area contributed by atoms with Crippen molar-refractivity contribution in [3.8, 4) is 11.4 Å². The summed E-state index contributed by atoms with van der Waals surface area (Å²) in [7, 11) is 0. The van der Waals surface area contributed by atoms with Crippen LogP contribution in [0.1, 0.15) is 33.3 Å². The zero-order valence-corrected chi connectivity index (χ0v) is 25.7. The number of aromatic nitrogens is 3. The first-order chi connectivity index (χ1) is 21.0. The van der Waals surface area contributed by atoms with Gasteiger partial charge in [-0.25, -0.2) is 0 Å². The van der Waals surface area contributed by atoms with Gasteiger partial charge in [-0.15, -0.1) is 10.2 Å². The van der Waals surface area contributed by atoms with Gasteiger partial charge in [0.1, 0.15) is 12.7 Å². The van der Waals surface area contributed by atoms with Gasteiger partial charge in [-0.3, -0.25) is 19.2 Å². The number of nitrogens with zero attached hydrogens (tertiary/aromatic N) is 4. The molecule has 3 aromatic rings. The van der Waals surface area contributed by atoms with Crippen LogP contribution in [0.2, 0.25) is 5.02 Å². The summed E-state index contributed by atoms with van der Waals surface area (Å²) in [6.07, 6.45) is -3.49. The Morgan fingerprint density at radius 1 is 0.864 bits per heavy atom. The average molecular weight is 645 g/mol. The molecule has 0 radical (unpaired) electrons. The highest BCUT2D eigenvalue weighted by Crippen LogP contribution is 2.38. The number of rotatable bonds is 10. The molecule has 0 bridgehead atoms. The summed E-state index contributed by atoms with van der Waals surface area (Å²) in [5.41, 5.74) is 0.201. The number of thioether (sulfide) groups is 1. The van der Waals surface area contributed by atoms with Crippen molar-refractivity contribution in [1.82, 2.24) is 14.9 Å². The minimum absolute atomic E-state index is 0.202. The van der Waals surface area contributed by atoms with Gasteiger partial charge in [0.05, 0.1) is 6.21 Å². The van der Waals surface area contributed by atoms with Crippen LogP contribution < -0.4 is 0 Å². The van der Waals surface area contributed by atoms with Crippen LogP contribution in [0, 0.1) is 0 Å². The van der Waals surface area contributed by atoms with Crippen LogP contribution in [-0.4, -0.2) is 81.4 Å². The lowest BCUT2D eigenvalue weighted by Gasteiger charge is -2.43. The second kappa shape index (κ2) is 14.9. The number of ether oxygens (including phenoxy) is 5. The van der Waals surface area contributed by atoms with Crippen molar-refractivity contribution in [2.75, 3.05) is 6.61 Å². The van der Waals surface area contributed by atoms with E-state index in [-0.39, 0.29) is 11.8 Å². The largest absolute Gasteiger partial charge is 0.463 e. The average Bonchev–Trinajstić information content (AvgIpc) is 3.36. The van der Waals surface area contributed by atoms with Crippen LogP contribution in [0.3, 0.4) is 0 Å². The van der Waals surface area contributed by atoms with Crippen LogP contribution in [0.15, 0.2) is 64.9 Å². The molecule has 4 rings (SSSR count). The van der Waals surface area contributed by atoms with Crippen molar-refractivity contribution in [1.29, 1.82) is 0 Å². The molecule has 0 aliphatic carbocycles. The SMILES string of the molecule is CC(=O)OC[C@H]1O[C@@H](Sc2nnc(-c3ccccc3)n2/N=C/c2ccccc2Cl)[C@H](OC(C)=O)[C@@H](OC(C)=O)[C@@H]1OC(C)=O. The highest BCUT2D eigenvalue weighted by atomic mass is 35.5. The summed E-state index contributed by atoms with van der Waals surface area (Å²) in [6, 6.07) is 16.3. The maximum absolute atomic E-state index is 12.2. The van der Waals surface area contributed by atoms with Crippen LogP contribution in [0.25, 0.3) is 11.4 Å².